The SMILES string of the molecule is CC(=O)[C@H](C)OC(=O)C[C@H](N)C(=O)O. The van der Waals surface area contributed by atoms with Gasteiger partial charge in [0.05, 0.1) is 6.42 Å². The van der Waals surface area contributed by atoms with Gasteiger partial charge in [-0.3, -0.25) is 14.4 Å². The summed E-state index contributed by atoms with van der Waals surface area (Å²) in [4.78, 5) is 31.9. The van der Waals surface area contributed by atoms with E-state index in [1.54, 1.807) is 0 Å². The zero-order valence-corrected chi connectivity index (χ0v) is 8.02. The standard InChI is InChI=1S/C8H13NO5/c1-4(10)5(2)14-7(11)3-6(9)8(12)13/h5-6H,3,9H2,1-2H3,(H,12,13)/t5-,6-/m0/s1. The normalized spacial score (nSPS) is 14.2. The van der Waals surface area contributed by atoms with E-state index >= 15 is 0 Å². The van der Waals surface area contributed by atoms with Crippen molar-refractivity contribution in [2.24, 2.45) is 5.73 Å². The van der Waals surface area contributed by atoms with E-state index in [4.69, 9.17) is 10.8 Å². The Labute approximate surface area is 81.0 Å². The molecule has 0 amide bonds. The minimum absolute atomic E-state index is 0.303. The molecule has 0 fully saturated rings. The van der Waals surface area contributed by atoms with Crippen molar-refractivity contribution >= 4 is 17.7 Å². The molecule has 2 atom stereocenters. The van der Waals surface area contributed by atoms with Crippen molar-refractivity contribution in [3.8, 4) is 0 Å². The number of ketones is 1. The van der Waals surface area contributed by atoms with E-state index in [0.29, 0.717) is 0 Å². The molecule has 0 bridgehead atoms. The molecule has 0 aliphatic heterocycles. The number of carbonyl (C=O) groups is 3. The highest BCUT2D eigenvalue weighted by Gasteiger charge is 2.20. The molecule has 3 N–H and O–H groups in total. The van der Waals surface area contributed by atoms with E-state index in [-0.39, 0.29) is 5.78 Å². The minimum Gasteiger partial charge on any atom is -0.480 e. The number of carboxylic acids is 1. The zero-order valence-electron chi connectivity index (χ0n) is 8.02. The van der Waals surface area contributed by atoms with Crippen molar-refractivity contribution in [3.63, 3.8) is 0 Å². The first kappa shape index (κ1) is 12.6. The number of carbonyl (C=O) groups excluding carboxylic acids is 2. The molecule has 0 aromatic heterocycles. The third-order valence-electron chi connectivity index (χ3n) is 1.58. The molecular weight excluding hydrogens is 190 g/mol. The van der Waals surface area contributed by atoms with Gasteiger partial charge < -0.3 is 15.6 Å². The maximum absolute atomic E-state index is 11.0. The third-order valence-corrected chi connectivity index (χ3v) is 1.58. The van der Waals surface area contributed by atoms with Gasteiger partial charge in [0, 0.05) is 0 Å². The maximum Gasteiger partial charge on any atom is 0.321 e. The molecule has 0 heterocycles. The quantitative estimate of drug-likeness (QED) is 0.572. The number of nitrogens with two attached hydrogens (primary N) is 1. The van der Waals surface area contributed by atoms with Crippen LogP contribution in [0.2, 0.25) is 0 Å². The van der Waals surface area contributed by atoms with E-state index < -0.39 is 30.5 Å². The highest BCUT2D eigenvalue weighted by Crippen LogP contribution is 1.98. The third kappa shape index (κ3) is 4.56. The summed E-state index contributed by atoms with van der Waals surface area (Å²) in [5.74, 6) is -2.37. The Morgan fingerprint density at radius 2 is 1.93 bits per heavy atom. The molecular formula is C8H13NO5. The molecule has 0 radical (unpaired) electrons. The summed E-state index contributed by atoms with van der Waals surface area (Å²) in [7, 11) is 0. The summed E-state index contributed by atoms with van der Waals surface area (Å²) in [5, 5.41) is 8.37. The van der Waals surface area contributed by atoms with Gasteiger partial charge in [-0.2, -0.15) is 0 Å². The molecule has 0 saturated heterocycles. The summed E-state index contributed by atoms with van der Waals surface area (Å²) in [5.41, 5.74) is 5.08. The molecule has 0 unspecified atom stereocenters. The van der Waals surface area contributed by atoms with Gasteiger partial charge in [-0.05, 0) is 13.8 Å². The van der Waals surface area contributed by atoms with Crippen LogP contribution >= 0.6 is 0 Å². The van der Waals surface area contributed by atoms with Crippen molar-refractivity contribution in [3.05, 3.63) is 0 Å². The van der Waals surface area contributed by atoms with Gasteiger partial charge in [0.2, 0.25) is 0 Å². The zero-order chi connectivity index (χ0) is 11.3. The van der Waals surface area contributed by atoms with Gasteiger partial charge in [-0.15, -0.1) is 0 Å². The van der Waals surface area contributed by atoms with Crippen LogP contribution in [0.3, 0.4) is 0 Å². The first-order valence-corrected chi connectivity index (χ1v) is 4.03. The Balaban J connectivity index is 3.99. The fourth-order valence-electron chi connectivity index (χ4n) is 0.595. The average molecular weight is 203 g/mol. The van der Waals surface area contributed by atoms with Crippen molar-refractivity contribution in [2.45, 2.75) is 32.4 Å². The Morgan fingerprint density at radius 1 is 1.43 bits per heavy atom. The second kappa shape index (κ2) is 5.33. The van der Waals surface area contributed by atoms with Crippen LogP contribution in [0.15, 0.2) is 0 Å². The summed E-state index contributed by atoms with van der Waals surface area (Å²) < 4.78 is 4.60. The molecule has 14 heavy (non-hydrogen) atoms. The van der Waals surface area contributed by atoms with Crippen LogP contribution in [0, 0.1) is 0 Å². The van der Waals surface area contributed by atoms with Crippen LogP contribution in [-0.2, 0) is 19.1 Å². The van der Waals surface area contributed by atoms with Gasteiger partial charge in [-0.1, -0.05) is 0 Å². The van der Waals surface area contributed by atoms with Crippen molar-refractivity contribution < 1.29 is 24.2 Å². The Morgan fingerprint density at radius 3 is 2.29 bits per heavy atom. The Hall–Kier alpha value is -1.43. The van der Waals surface area contributed by atoms with Gasteiger partial charge in [0.1, 0.15) is 6.04 Å². The fraction of sp³-hybridized carbons (Fsp3) is 0.625. The highest BCUT2D eigenvalue weighted by atomic mass is 16.5. The van der Waals surface area contributed by atoms with E-state index in [2.05, 4.69) is 4.74 Å². The van der Waals surface area contributed by atoms with E-state index in [1.807, 2.05) is 0 Å². The lowest BCUT2D eigenvalue weighted by Crippen LogP contribution is -2.34. The largest absolute Gasteiger partial charge is 0.480 e. The lowest BCUT2D eigenvalue weighted by Gasteiger charge is -2.11. The van der Waals surface area contributed by atoms with Crippen LogP contribution in [0.5, 0.6) is 0 Å². The number of rotatable bonds is 5. The summed E-state index contributed by atoms with van der Waals surface area (Å²) in [6.45, 7) is 2.68. The maximum atomic E-state index is 11.0. The number of hydrogen-bond acceptors (Lipinski definition) is 5. The van der Waals surface area contributed by atoms with Crippen LogP contribution in [0.25, 0.3) is 0 Å². The van der Waals surface area contributed by atoms with Gasteiger partial charge in [0.25, 0.3) is 0 Å². The Bertz CT molecular complexity index is 226. The number of ether oxygens (including phenoxy) is 1. The molecule has 0 aliphatic carbocycles. The number of aliphatic carboxylic acids is 1. The van der Waals surface area contributed by atoms with Crippen molar-refractivity contribution in [1.29, 1.82) is 0 Å². The number of hydrogen-bond donors (Lipinski definition) is 2. The highest BCUT2D eigenvalue weighted by molar-refractivity contribution is 5.85. The van der Waals surface area contributed by atoms with Crippen LogP contribution < -0.4 is 5.73 Å². The molecule has 0 spiro atoms. The molecule has 0 aromatic rings. The first-order chi connectivity index (χ1) is 6.34. The van der Waals surface area contributed by atoms with E-state index in [0.717, 1.165) is 0 Å². The number of carboxylic acid groups (broad SMARTS) is 1. The second-order valence-electron chi connectivity index (χ2n) is 2.89. The minimum atomic E-state index is -1.29. The predicted molar refractivity (Wildman–Crippen MR) is 46.5 cm³/mol. The first-order valence-electron chi connectivity index (χ1n) is 4.03. The summed E-state index contributed by atoms with van der Waals surface area (Å²) in [6, 6.07) is -1.29. The molecule has 0 saturated carbocycles. The summed E-state index contributed by atoms with van der Waals surface area (Å²) >= 11 is 0. The molecule has 0 aliphatic rings. The lowest BCUT2D eigenvalue weighted by atomic mass is 10.2. The molecule has 80 valence electrons. The second-order valence-corrected chi connectivity index (χ2v) is 2.89. The molecule has 6 nitrogen and oxygen atoms in total. The number of esters is 1. The van der Waals surface area contributed by atoms with E-state index in [9.17, 15) is 14.4 Å². The molecule has 6 heteroatoms. The summed E-state index contributed by atoms with van der Waals surface area (Å²) in [6.07, 6.45) is -1.30. The smallest absolute Gasteiger partial charge is 0.321 e. The van der Waals surface area contributed by atoms with Gasteiger partial charge >= 0.3 is 11.9 Å². The lowest BCUT2D eigenvalue weighted by molar-refractivity contribution is -0.155. The van der Waals surface area contributed by atoms with Crippen molar-refractivity contribution in [1.82, 2.24) is 0 Å². The number of Topliss-reactive ketones (excluding diaryl/α,β-unsaturated/α-hetero) is 1. The molecule has 0 aromatic carbocycles. The van der Waals surface area contributed by atoms with Crippen molar-refractivity contribution in [2.75, 3.05) is 0 Å². The van der Waals surface area contributed by atoms with Crippen LogP contribution in [0.1, 0.15) is 20.3 Å². The topological polar surface area (TPSA) is 107 Å². The monoisotopic (exact) mass is 203 g/mol. The molecule has 0 rings (SSSR count). The fourth-order valence-corrected chi connectivity index (χ4v) is 0.595. The van der Waals surface area contributed by atoms with Crippen LogP contribution in [-0.4, -0.2) is 35.0 Å². The predicted octanol–water partition coefficient (Wildman–Crippen LogP) is -0.691. The van der Waals surface area contributed by atoms with Gasteiger partial charge in [-0.25, -0.2) is 0 Å². The van der Waals surface area contributed by atoms with E-state index in [1.165, 1.54) is 13.8 Å². The van der Waals surface area contributed by atoms with Gasteiger partial charge in [0.15, 0.2) is 11.9 Å². The average Bonchev–Trinajstić information content (AvgIpc) is 2.03. The Kier molecular flexibility index (Phi) is 4.79. The van der Waals surface area contributed by atoms with Crippen LogP contribution in [0.4, 0.5) is 0 Å².